The van der Waals surface area contributed by atoms with Crippen LogP contribution in [0.15, 0.2) is 23.1 Å². The van der Waals surface area contributed by atoms with Crippen LogP contribution in [-0.4, -0.2) is 11.1 Å². The van der Waals surface area contributed by atoms with Crippen LogP contribution < -0.4 is 11.3 Å². The zero-order chi connectivity index (χ0) is 9.14. The van der Waals surface area contributed by atoms with E-state index >= 15 is 0 Å². The first kappa shape index (κ1) is 8.89. The molecule has 0 aliphatic carbocycles. The number of benzene rings is 1. The number of nitrogens with one attached hydrogen (secondary N) is 1. The van der Waals surface area contributed by atoms with Gasteiger partial charge in [-0.1, -0.05) is 0 Å². The number of nitrogen functional groups attached to an aromatic ring is 1. The van der Waals surface area contributed by atoms with E-state index in [0.717, 1.165) is 0 Å². The van der Waals surface area contributed by atoms with Gasteiger partial charge in [0.2, 0.25) is 0 Å². The Hall–Kier alpha value is -1.20. The Morgan fingerprint density at radius 3 is 2.67 bits per heavy atom. The first-order chi connectivity index (χ1) is 5.63. The molecule has 4 N–H and O–H groups in total. The van der Waals surface area contributed by atoms with E-state index in [9.17, 15) is 4.79 Å². The van der Waals surface area contributed by atoms with Gasteiger partial charge in [0.25, 0.3) is 0 Å². The number of carbonyl (C=O) groups is 1. The zero-order valence-corrected chi connectivity index (χ0v) is 7.01. The Labute approximate surface area is 74.8 Å². The molecule has 0 spiro atoms. The lowest BCUT2D eigenvalue weighted by Crippen LogP contribution is -2.08. The highest BCUT2D eigenvalue weighted by Gasteiger charge is 2.04. The van der Waals surface area contributed by atoms with Gasteiger partial charge in [-0.3, -0.25) is 5.84 Å². The molecule has 0 fully saturated rings. The lowest BCUT2D eigenvalue weighted by atomic mass is 10.2. The van der Waals surface area contributed by atoms with E-state index in [1.807, 2.05) is 0 Å². The number of thiol groups is 1. The molecular formula is C7H8N2O2S. The first-order valence-electron chi connectivity index (χ1n) is 3.17. The summed E-state index contributed by atoms with van der Waals surface area (Å²) in [5.41, 5.74) is 3.04. The quantitative estimate of drug-likeness (QED) is 0.314. The predicted octanol–water partition coefficient (Wildman–Crippen LogP) is 0.959. The fourth-order valence-corrected chi connectivity index (χ4v) is 1.10. The summed E-state index contributed by atoms with van der Waals surface area (Å²) in [6, 6.07) is 4.52. The van der Waals surface area contributed by atoms with Crippen molar-refractivity contribution in [2.45, 2.75) is 4.90 Å². The minimum atomic E-state index is -0.998. The van der Waals surface area contributed by atoms with Crippen molar-refractivity contribution in [3.8, 4) is 0 Å². The average Bonchev–Trinajstić information content (AvgIpc) is 2.03. The molecule has 0 bridgehead atoms. The lowest BCUT2D eigenvalue weighted by molar-refractivity contribution is 0.0696. The molecule has 0 heterocycles. The monoisotopic (exact) mass is 184 g/mol. The summed E-state index contributed by atoms with van der Waals surface area (Å²) < 4.78 is 0. The average molecular weight is 184 g/mol. The van der Waals surface area contributed by atoms with E-state index in [0.29, 0.717) is 10.6 Å². The highest BCUT2D eigenvalue weighted by molar-refractivity contribution is 7.80. The third-order valence-corrected chi connectivity index (χ3v) is 1.59. The van der Waals surface area contributed by atoms with Crippen molar-refractivity contribution < 1.29 is 9.90 Å². The Bertz CT molecular complexity index is 314. The van der Waals surface area contributed by atoms with Gasteiger partial charge in [0.1, 0.15) is 0 Å². The molecular weight excluding hydrogens is 176 g/mol. The minimum Gasteiger partial charge on any atom is -0.478 e. The van der Waals surface area contributed by atoms with Crippen molar-refractivity contribution >= 4 is 24.3 Å². The molecule has 0 aliphatic rings. The van der Waals surface area contributed by atoms with Crippen LogP contribution >= 0.6 is 12.6 Å². The maximum Gasteiger partial charge on any atom is 0.335 e. The van der Waals surface area contributed by atoms with E-state index in [1.165, 1.54) is 12.1 Å². The van der Waals surface area contributed by atoms with Crippen molar-refractivity contribution in [1.82, 2.24) is 0 Å². The molecule has 0 unspecified atom stereocenters. The summed E-state index contributed by atoms with van der Waals surface area (Å²) in [5.74, 6) is 4.11. The summed E-state index contributed by atoms with van der Waals surface area (Å²) >= 11 is 4.01. The lowest BCUT2D eigenvalue weighted by Gasteiger charge is -2.02. The van der Waals surface area contributed by atoms with Crippen molar-refractivity contribution in [2.24, 2.45) is 5.84 Å². The second kappa shape index (κ2) is 3.46. The fourth-order valence-electron chi connectivity index (χ4n) is 0.818. The van der Waals surface area contributed by atoms with E-state index in [4.69, 9.17) is 10.9 Å². The molecule has 0 aromatic heterocycles. The van der Waals surface area contributed by atoms with Crippen LogP contribution in [0.3, 0.4) is 0 Å². The molecule has 0 aliphatic heterocycles. The van der Waals surface area contributed by atoms with E-state index in [-0.39, 0.29) is 5.56 Å². The molecule has 0 amide bonds. The third-order valence-electron chi connectivity index (χ3n) is 1.33. The van der Waals surface area contributed by atoms with Crippen LogP contribution in [0.25, 0.3) is 0 Å². The van der Waals surface area contributed by atoms with Crippen LogP contribution in [0.4, 0.5) is 5.69 Å². The van der Waals surface area contributed by atoms with Crippen LogP contribution in [0.1, 0.15) is 10.4 Å². The number of anilines is 1. The molecule has 0 radical (unpaired) electrons. The van der Waals surface area contributed by atoms with Crippen molar-refractivity contribution in [3.63, 3.8) is 0 Å². The summed E-state index contributed by atoms with van der Waals surface area (Å²) in [6.45, 7) is 0. The molecule has 0 saturated carbocycles. The molecule has 12 heavy (non-hydrogen) atoms. The fraction of sp³-hybridized carbons (Fsp3) is 0. The Kier molecular flexibility index (Phi) is 2.57. The van der Waals surface area contributed by atoms with Gasteiger partial charge in [0, 0.05) is 4.90 Å². The molecule has 64 valence electrons. The summed E-state index contributed by atoms with van der Waals surface area (Å²) in [6.07, 6.45) is 0. The number of carboxylic acid groups (broad SMARTS) is 1. The molecule has 1 aromatic rings. The van der Waals surface area contributed by atoms with Gasteiger partial charge < -0.3 is 10.5 Å². The highest BCUT2D eigenvalue weighted by atomic mass is 32.1. The minimum absolute atomic E-state index is 0.162. The summed E-state index contributed by atoms with van der Waals surface area (Å²) in [5, 5.41) is 8.63. The Morgan fingerprint density at radius 1 is 1.50 bits per heavy atom. The molecule has 0 atom stereocenters. The largest absolute Gasteiger partial charge is 0.478 e. The third kappa shape index (κ3) is 1.90. The normalized spacial score (nSPS) is 9.50. The number of hydrazine groups is 1. The standard InChI is InChI=1S/C7H8N2O2S/c8-9-5-1-4(7(10)11)2-6(12)3-5/h1-3,9,12H,8H2,(H,10,11). The van der Waals surface area contributed by atoms with Gasteiger partial charge in [0.15, 0.2) is 0 Å². The van der Waals surface area contributed by atoms with Gasteiger partial charge >= 0.3 is 5.97 Å². The first-order valence-corrected chi connectivity index (χ1v) is 3.62. The number of nitrogens with two attached hydrogens (primary N) is 1. The van der Waals surface area contributed by atoms with Crippen LogP contribution in [-0.2, 0) is 0 Å². The van der Waals surface area contributed by atoms with Crippen molar-refractivity contribution in [2.75, 3.05) is 5.43 Å². The number of hydrogen-bond donors (Lipinski definition) is 4. The van der Waals surface area contributed by atoms with Crippen molar-refractivity contribution in [3.05, 3.63) is 23.8 Å². The van der Waals surface area contributed by atoms with Gasteiger partial charge in [-0.05, 0) is 18.2 Å². The van der Waals surface area contributed by atoms with Gasteiger partial charge in [0.05, 0.1) is 11.3 Å². The number of aromatic carboxylic acids is 1. The van der Waals surface area contributed by atoms with Crippen LogP contribution in [0.5, 0.6) is 0 Å². The van der Waals surface area contributed by atoms with Gasteiger partial charge in [-0.2, -0.15) is 0 Å². The van der Waals surface area contributed by atoms with Crippen molar-refractivity contribution in [1.29, 1.82) is 0 Å². The number of carboxylic acids is 1. The second-order valence-electron chi connectivity index (χ2n) is 2.22. The highest BCUT2D eigenvalue weighted by Crippen LogP contribution is 2.16. The zero-order valence-electron chi connectivity index (χ0n) is 6.11. The maximum atomic E-state index is 10.5. The second-order valence-corrected chi connectivity index (χ2v) is 2.73. The van der Waals surface area contributed by atoms with Gasteiger partial charge in [-0.15, -0.1) is 12.6 Å². The number of rotatable bonds is 2. The Morgan fingerprint density at radius 2 is 2.17 bits per heavy atom. The molecule has 5 heteroatoms. The molecule has 0 saturated heterocycles. The summed E-state index contributed by atoms with van der Waals surface area (Å²) in [7, 11) is 0. The predicted molar refractivity (Wildman–Crippen MR) is 48.5 cm³/mol. The van der Waals surface area contributed by atoms with E-state index in [1.54, 1.807) is 6.07 Å². The van der Waals surface area contributed by atoms with E-state index < -0.39 is 5.97 Å². The SMILES string of the molecule is NNc1cc(S)cc(C(=O)O)c1. The molecule has 1 rings (SSSR count). The van der Waals surface area contributed by atoms with Crippen LogP contribution in [0, 0.1) is 0 Å². The molecule has 1 aromatic carbocycles. The summed E-state index contributed by atoms with van der Waals surface area (Å²) in [4.78, 5) is 11.1. The topological polar surface area (TPSA) is 75.3 Å². The number of hydrogen-bond acceptors (Lipinski definition) is 4. The maximum absolute atomic E-state index is 10.5. The molecule has 4 nitrogen and oxygen atoms in total. The van der Waals surface area contributed by atoms with Crippen LogP contribution in [0.2, 0.25) is 0 Å². The van der Waals surface area contributed by atoms with E-state index in [2.05, 4.69) is 18.1 Å². The smallest absolute Gasteiger partial charge is 0.335 e. The Balaban J connectivity index is 3.15. The van der Waals surface area contributed by atoms with Gasteiger partial charge in [-0.25, -0.2) is 4.79 Å².